The van der Waals surface area contributed by atoms with Crippen LogP contribution in [0.15, 0.2) is 18.2 Å². The number of pyridine rings is 1. The Balaban J connectivity index is 1.66. The van der Waals surface area contributed by atoms with Crippen LogP contribution in [0.4, 0.5) is 5.82 Å². The zero-order valence-corrected chi connectivity index (χ0v) is 10.7. The molecule has 1 aromatic rings. The first kappa shape index (κ1) is 11.9. The van der Waals surface area contributed by atoms with Gasteiger partial charge in [0.15, 0.2) is 0 Å². The zero-order valence-electron chi connectivity index (χ0n) is 10.7. The summed E-state index contributed by atoms with van der Waals surface area (Å²) in [6, 6.07) is 7.25. The van der Waals surface area contributed by atoms with Crippen LogP contribution in [0.5, 0.6) is 0 Å². The third-order valence-electron chi connectivity index (χ3n) is 3.76. The molecule has 0 radical (unpaired) electrons. The lowest BCUT2D eigenvalue weighted by molar-refractivity contribution is 0.0904. The first-order chi connectivity index (χ1) is 8.92. The maximum Gasteiger partial charge on any atom is 0.126 e. The number of anilines is 1. The standard InChI is InChI=1S/C14H21N3O/c1-3-13(12-4-2-8-15-12)17-14(5-1)16-11-6-9-18-10-7-11/h1,3,5,11-12,15H,2,4,6-10H2,(H,16,17)/t12-/m0/s1. The molecule has 0 bridgehead atoms. The monoisotopic (exact) mass is 247 g/mol. The highest BCUT2D eigenvalue weighted by Gasteiger charge is 2.18. The van der Waals surface area contributed by atoms with Crippen molar-refractivity contribution in [2.75, 3.05) is 25.1 Å². The van der Waals surface area contributed by atoms with Gasteiger partial charge in [-0.05, 0) is 44.4 Å². The summed E-state index contributed by atoms with van der Waals surface area (Å²) in [5.74, 6) is 1.01. The van der Waals surface area contributed by atoms with Crippen LogP contribution in [0.1, 0.15) is 37.4 Å². The Hall–Kier alpha value is -1.13. The molecule has 0 aromatic carbocycles. The van der Waals surface area contributed by atoms with E-state index in [1.54, 1.807) is 0 Å². The Morgan fingerprint density at radius 3 is 2.89 bits per heavy atom. The van der Waals surface area contributed by atoms with Gasteiger partial charge in [-0.1, -0.05) is 6.07 Å². The van der Waals surface area contributed by atoms with Gasteiger partial charge >= 0.3 is 0 Å². The van der Waals surface area contributed by atoms with Crippen molar-refractivity contribution in [2.24, 2.45) is 0 Å². The average molecular weight is 247 g/mol. The van der Waals surface area contributed by atoms with E-state index < -0.39 is 0 Å². The summed E-state index contributed by atoms with van der Waals surface area (Å²) in [7, 11) is 0. The molecule has 1 aromatic heterocycles. The minimum atomic E-state index is 0.446. The van der Waals surface area contributed by atoms with E-state index in [2.05, 4.69) is 28.8 Å². The number of hydrogen-bond donors (Lipinski definition) is 2. The van der Waals surface area contributed by atoms with E-state index in [0.29, 0.717) is 12.1 Å². The summed E-state index contributed by atoms with van der Waals surface area (Å²) in [4.78, 5) is 4.73. The maximum absolute atomic E-state index is 5.37. The van der Waals surface area contributed by atoms with Gasteiger partial charge in [0.25, 0.3) is 0 Å². The fourth-order valence-corrected chi connectivity index (χ4v) is 2.71. The fourth-order valence-electron chi connectivity index (χ4n) is 2.71. The molecule has 2 N–H and O–H groups in total. The summed E-state index contributed by atoms with van der Waals surface area (Å²) in [5, 5.41) is 7.02. The molecule has 0 aliphatic carbocycles. The van der Waals surface area contributed by atoms with Crippen LogP contribution in [-0.4, -0.2) is 30.8 Å². The van der Waals surface area contributed by atoms with Crippen LogP contribution in [0.25, 0.3) is 0 Å². The first-order valence-electron chi connectivity index (χ1n) is 6.96. The van der Waals surface area contributed by atoms with Gasteiger partial charge in [-0.2, -0.15) is 0 Å². The van der Waals surface area contributed by atoms with Crippen LogP contribution >= 0.6 is 0 Å². The van der Waals surface area contributed by atoms with Crippen molar-refractivity contribution in [1.29, 1.82) is 0 Å². The normalized spacial score (nSPS) is 25.2. The van der Waals surface area contributed by atoms with Crippen molar-refractivity contribution in [3.63, 3.8) is 0 Å². The van der Waals surface area contributed by atoms with E-state index in [4.69, 9.17) is 9.72 Å². The van der Waals surface area contributed by atoms with Crippen molar-refractivity contribution < 1.29 is 4.74 Å². The molecule has 0 unspecified atom stereocenters. The predicted molar refractivity (Wildman–Crippen MR) is 71.7 cm³/mol. The minimum absolute atomic E-state index is 0.446. The minimum Gasteiger partial charge on any atom is -0.381 e. The van der Waals surface area contributed by atoms with Gasteiger partial charge in [-0.3, -0.25) is 0 Å². The van der Waals surface area contributed by atoms with E-state index in [1.807, 2.05) is 0 Å². The summed E-state index contributed by atoms with van der Waals surface area (Å²) >= 11 is 0. The summed E-state index contributed by atoms with van der Waals surface area (Å²) < 4.78 is 5.37. The molecule has 4 nitrogen and oxygen atoms in total. The maximum atomic E-state index is 5.37. The Bertz CT molecular complexity index is 384. The van der Waals surface area contributed by atoms with Crippen molar-refractivity contribution in [3.8, 4) is 0 Å². The summed E-state index contributed by atoms with van der Waals surface area (Å²) in [6.07, 6.45) is 4.61. The lowest BCUT2D eigenvalue weighted by atomic mass is 10.1. The summed E-state index contributed by atoms with van der Waals surface area (Å²) in [6.45, 7) is 2.84. The van der Waals surface area contributed by atoms with Crippen LogP contribution < -0.4 is 10.6 Å². The van der Waals surface area contributed by atoms with Crippen LogP contribution in [0.3, 0.4) is 0 Å². The van der Waals surface area contributed by atoms with E-state index in [9.17, 15) is 0 Å². The molecule has 98 valence electrons. The summed E-state index contributed by atoms with van der Waals surface area (Å²) in [5.41, 5.74) is 1.17. The molecule has 0 saturated carbocycles. The molecule has 2 aliphatic rings. The van der Waals surface area contributed by atoms with E-state index in [0.717, 1.165) is 38.4 Å². The number of nitrogens with zero attached hydrogens (tertiary/aromatic N) is 1. The van der Waals surface area contributed by atoms with Crippen molar-refractivity contribution in [2.45, 2.75) is 37.8 Å². The topological polar surface area (TPSA) is 46.2 Å². The van der Waals surface area contributed by atoms with Crippen LogP contribution in [-0.2, 0) is 4.74 Å². The lowest BCUT2D eigenvalue weighted by Crippen LogP contribution is -2.28. The molecule has 0 spiro atoms. The quantitative estimate of drug-likeness (QED) is 0.858. The second-order valence-corrected chi connectivity index (χ2v) is 5.13. The van der Waals surface area contributed by atoms with E-state index in [-0.39, 0.29) is 0 Å². The Labute approximate surface area is 108 Å². The van der Waals surface area contributed by atoms with Gasteiger partial charge in [0.1, 0.15) is 5.82 Å². The van der Waals surface area contributed by atoms with Crippen LogP contribution in [0.2, 0.25) is 0 Å². The fraction of sp³-hybridized carbons (Fsp3) is 0.643. The smallest absolute Gasteiger partial charge is 0.126 e. The van der Waals surface area contributed by atoms with Crippen molar-refractivity contribution >= 4 is 5.82 Å². The number of aromatic nitrogens is 1. The van der Waals surface area contributed by atoms with Gasteiger partial charge in [-0.25, -0.2) is 4.98 Å². The molecule has 2 fully saturated rings. The largest absolute Gasteiger partial charge is 0.381 e. The molecule has 3 heterocycles. The van der Waals surface area contributed by atoms with Crippen LogP contribution in [0, 0.1) is 0 Å². The number of hydrogen-bond acceptors (Lipinski definition) is 4. The van der Waals surface area contributed by atoms with Gasteiger partial charge < -0.3 is 15.4 Å². The van der Waals surface area contributed by atoms with E-state index in [1.165, 1.54) is 18.5 Å². The number of rotatable bonds is 3. The van der Waals surface area contributed by atoms with Crippen molar-refractivity contribution in [3.05, 3.63) is 23.9 Å². The third kappa shape index (κ3) is 2.82. The molecule has 18 heavy (non-hydrogen) atoms. The van der Waals surface area contributed by atoms with E-state index >= 15 is 0 Å². The highest BCUT2D eigenvalue weighted by atomic mass is 16.5. The SMILES string of the molecule is c1cc(NC2CCOCC2)nc([C@@H]2CCCN2)c1. The Morgan fingerprint density at radius 1 is 1.22 bits per heavy atom. The Morgan fingerprint density at radius 2 is 2.11 bits per heavy atom. The molecule has 1 atom stereocenters. The third-order valence-corrected chi connectivity index (χ3v) is 3.76. The van der Waals surface area contributed by atoms with Gasteiger partial charge in [0.2, 0.25) is 0 Å². The first-order valence-corrected chi connectivity index (χ1v) is 6.96. The highest BCUT2D eigenvalue weighted by Crippen LogP contribution is 2.23. The highest BCUT2D eigenvalue weighted by molar-refractivity contribution is 5.37. The molecule has 3 rings (SSSR count). The molecule has 2 aliphatic heterocycles. The average Bonchev–Trinajstić information content (AvgIpc) is 2.94. The van der Waals surface area contributed by atoms with Gasteiger partial charge in [0.05, 0.1) is 5.69 Å². The second-order valence-electron chi connectivity index (χ2n) is 5.13. The number of ether oxygens (including phenoxy) is 1. The number of nitrogens with one attached hydrogen (secondary N) is 2. The molecular formula is C14H21N3O. The van der Waals surface area contributed by atoms with Crippen molar-refractivity contribution in [1.82, 2.24) is 10.3 Å². The molecule has 2 saturated heterocycles. The zero-order chi connectivity index (χ0) is 12.2. The Kier molecular flexibility index (Phi) is 3.76. The molecule has 0 amide bonds. The molecule has 4 heteroatoms. The van der Waals surface area contributed by atoms with Gasteiger partial charge in [-0.15, -0.1) is 0 Å². The lowest BCUT2D eigenvalue weighted by Gasteiger charge is -2.24. The van der Waals surface area contributed by atoms with Gasteiger partial charge in [0, 0.05) is 25.3 Å². The predicted octanol–water partition coefficient (Wildman–Crippen LogP) is 2.10. The molecular weight excluding hydrogens is 226 g/mol. The second kappa shape index (κ2) is 5.67.